The van der Waals surface area contributed by atoms with Crippen LogP contribution in [0, 0.1) is 23.7 Å². The van der Waals surface area contributed by atoms with Crippen molar-refractivity contribution in [3.63, 3.8) is 0 Å². The summed E-state index contributed by atoms with van der Waals surface area (Å²) in [5.41, 5.74) is 0. The van der Waals surface area contributed by atoms with Crippen LogP contribution in [0.1, 0.15) is 319 Å². The van der Waals surface area contributed by atoms with Gasteiger partial charge < -0.3 is 33.8 Å². The van der Waals surface area contributed by atoms with Crippen LogP contribution in [-0.2, 0) is 65.4 Å². The van der Waals surface area contributed by atoms with Crippen LogP contribution in [0.3, 0.4) is 0 Å². The van der Waals surface area contributed by atoms with Gasteiger partial charge in [-0.1, -0.05) is 267 Å². The monoisotopic (exact) mass is 1250 g/mol. The normalized spacial score (nSPS) is 14.7. The van der Waals surface area contributed by atoms with Crippen molar-refractivity contribution in [3.8, 4) is 0 Å². The predicted molar refractivity (Wildman–Crippen MR) is 340 cm³/mol. The van der Waals surface area contributed by atoms with E-state index in [9.17, 15) is 43.2 Å². The van der Waals surface area contributed by atoms with Gasteiger partial charge in [-0.2, -0.15) is 0 Å². The molecule has 0 aliphatic rings. The number of unbranched alkanes of at least 4 members (excludes halogenated alkanes) is 28. The number of carbonyl (C=O) groups is 4. The number of carbonyl (C=O) groups excluding carboxylic acids is 4. The van der Waals surface area contributed by atoms with Crippen LogP contribution in [0.25, 0.3) is 0 Å². The Labute approximate surface area is 517 Å². The van der Waals surface area contributed by atoms with Crippen LogP contribution in [0.4, 0.5) is 0 Å². The molecule has 0 aliphatic heterocycles. The third-order valence-corrected chi connectivity index (χ3v) is 17.3. The number of rotatable bonds is 63. The molecule has 0 rings (SSSR count). The van der Waals surface area contributed by atoms with Crippen LogP contribution in [0.5, 0.6) is 0 Å². The molecule has 85 heavy (non-hydrogen) atoms. The predicted octanol–water partition coefficient (Wildman–Crippen LogP) is 18.1. The van der Waals surface area contributed by atoms with Crippen molar-refractivity contribution >= 4 is 39.5 Å². The van der Waals surface area contributed by atoms with Gasteiger partial charge >= 0.3 is 39.5 Å². The molecule has 19 heteroatoms. The lowest BCUT2D eigenvalue weighted by molar-refractivity contribution is -0.161. The van der Waals surface area contributed by atoms with Crippen LogP contribution in [0.2, 0.25) is 0 Å². The molecule has 0 aromatic rings. The zero-order chi connectivity index (χ0) is 63.2. The van der Waals surface area contributed by atoms with E-state index < -0.39 is 97.5 Å². The van der Waals surface area contributed by atoms with Gasteiger partial charge in [0.2, 0.25) is 0 Å². The van der Waals surface area contributed by atoms with Crippen LogP contribution >= 0.6 is 15.6 Å². The highest BCUT2D eigenvalue weighted by Gasteiger charge is 2.30. The lowest BCUT2D eigenvalue weighted by atomic mass is 9.99. The quantitative estimate of drug-likeness (QED) is 0.0222. The Hall–Kier alpha value is -1.94. The molecule has 0 aliphatic carbocycles. The fourth-order valence-corrected chi connectivity index (χ4v) is 11.3. The van der Waals surface area contributed by atoms with E-state index in [1.165, 1.54) is 116 Å². The maximum absolute atomic E-state index is 13.0. The summed E-state index contributed by atoms with van der Waals surface area (Å²) < 4.78 is 68.1. The molecular formula is C66H128O17P2. The maximum Gasteiger partial charge on any atom is 0.472 e. The minimum atomic E-state index is -4.95. The number of aliphatic hydroxyl groups excluding tert-OH is 1. The van der Waals surface area contributed by atoms with Gasteiger partial charge in [0, 0.05) is 25.7 Å². The molecule has 0 saturated heterocycles. The van der Waals surface area contributed by atoms with Gasteiger partial charge in [0.05, 0.1) is 26.4 Å². The molecule has 3 N–H and O–H groups in total. The first-order valence-electron chi connectivity index (χ1n) is 34.2. The first kappa shape index (κ1) is 83.1. The van der Waals surface area contributed by atoms with Gasteiger partial charge in [0.1, 0.15) is 19.3 Å². The average Bonchev–Trinajstić information content (AvgIpc) is 3.49. The SMILES string of the molecule is CCC(C)CCCCCCCCCCC(=O)OC[C@H](COP(=O)(O)OC[C@@H](O)COP(=O)(O)OC[C@@H](COC(=O)CCCCCCCCC(C)C)OC(=O)CCCCCCCCCCC(C)C)OC(=O)CCCCCCCCCCCCC(C)C. The Morgan fingerprint density at radius 3 is 0.835 bits per heavy atom. The second-order valence-corrected chi connectivity index (χ2v) is 28.4. The zero-order valence-corrected chi connectivity index (χ0v) is 57.0. The summed E-state index contributed by atoms with van der Waals surface area (Å²) in [5.74, 6) is 0.789. The van der Waals surface area contributed by atoms with Crippen molar-refractivity contribution in [2.45, 2.75) is 337 Å². The molecule has 0 amide bonds. The van der Waals surface area contributed by atoms with E-state index in [2.05, 4.69) is 55.4 Å². The van der Waals surface area contributed by atoms with Crippen molar-refractivity contribution in [3.05, 3.63) is 0 Å². The van der Waals surface area contributed by atoms with E-state index in [1.54, 1.807) is 0 Å². The van der Waals surface area contributed by atoms with Crippen molar-refractivity contribution in [1.29, 1.82) is 0 Å². The summed E-state index contributed by atoms with van der Waals surface area (Å²) in [6.07, 6.45) is 36.3. The fourth-order valence-electron chi connectivity index (χ4n) is 9.75. The summed E-state index contributed by atoms with van der Waals surface area (Å²) in [5, 5.41) is 10.5. The molecule has 3 unspecified atom stereocenters. The zero-order valence-electron chi connectivity index (χ0n) is 55.2. The topological polar surface area (TPSA) is 237 Å². The summed E-state index contributed by atoms with van der Waals surface area (Å²) in [7, 11) is -9.89. The maximum atomic E-state index is 13.0. The number of ether oxygens (including phenoxy) is 4. The number of hydrogen-bond donors (Lipinski definition) is 3. The van der Waals surface area contributed by atoms with Crippen molar-refractivity contribution in [1.82, 2.24) is 0 Å². The van der Waals surface area contributed by atoms with Gasteiger partial charge in [-0.05, 0) is 49.4 Å². The molecule has 0 aromatic heterocycles. The van der Waals surface area contributed by atoms with E-state index in [4.69, 9.17) is 37.0 Å². The molecule has 0 aromatic carbocycles. The smallest absolute Gasteiger partial charge is 0.462 e. The van der Waals surface area contributed by atoms with Gasteiger partial charge in [0.15, 0.2) is 12.2 Å². The van der Waals surface area contributed by atoms with E-state index in [0.717, 1.165) is 114 Å². The van der Waals surface area contributed by atoms with Gasteiger partial charge in [0.25, 0.3) is 0 Å². The molecule has 0 fully saturated rings. The molecule has 0 radical (unpaired) electrons. The Bertz CT molecular complexity index is 1700. The summed E-state index contributed by atoms with van der Waals surface area (Å²) in [6.45, 7) is 14.0. The molecule has 6 atom stereocenters. The number of aliphatic hydroxyl groups is 1. The van der Waals surface area contributed by atoms with Crippen molar-refractivity contribution < 1.29 is 80.2 Å². The summed E-state index contributed by atoms with van der Waals surface area (Å²) >= 11 is 0. The summed E-state index contributed by atoms with van der Waals surface area (Å²) in [4.78, 5) is 72.3. The van der Waals surface area contributed by atoms with Crippen molar-refractivity contribution in [2.75, 3.05) is 39.6 Å². The number of phosphoric ester groups is 2. The Morgan fingerprint density at radius 2 is 0.565 bits per heavy atom. The van der Waals surface area contributed by atoms with Crippen molar-refractivity contribution in [2.24, 2.45) is 23.7 Å². The molecule has 0 saturated carbocycles. The fraction of sp³-hybridized carbons (Fsp3) is 0.939. The average molecular weight is 1260 g/mol. The van der Waals surface area contributed by atoms with Crippen LogP contribution < -0.4 is 0 Å². The summed E-state index contributed by atoms with van der Waals surface area (Å²) in [6, 6.07) is 0. The highest BCUT2D eigenvalue weighted by Crippen LogP contribution is 2.45. The third kappa shape index (κ3) is 59.5. The number of esters is 4. The molecular weight excluding hydrogens is 1130 g/mol. The van der Waals surface area contributed by atoms with Gasteiger partial charge in [-0.25, -0.2) is 9.13 Å². The van der Waals surface area contributed by atoms with Gasteiger partial charge in [-0.15, -0.1) is 0 Å². The highest BCUT2D eigenvalue weighted by molar-refractivity contribution is 7.47. The molecule has 0 spiro atoms. The highest BCUT2D eigenvalue weighted by atomic mass is 31.2. The second kappa shape index (κ2) is 56.1. The molecule has 17 nitrogen and oxygen atoms in total. The van der Waals surface area contributed by atoms with E-state index in [-0.39, 0.29) is 25.7 Å². The lowest BCUT2D eigenvalue weighted by Crippen LogP contribution is -2.30. The minimum absolute atomic E-state index is 0.103. The van der Waals surface area contributed by atoms with Gasteiger partial charge in [-0.3, -0.25) is 37.3 Å². The van der Waals surface area contributed by atoms with E-state index in [1.807, 2.05) is 0 Å². The standard InChI is InChI=1S/C66H128O17P2/c1-9-59(8)45-37-29-20-15-17-21-30-38-46-63(68)76-52-61(82-65(70)48-40-32-22-13-11-10-12-18-26-34-42-56(2)3)54-80-84(72,73)78-50-60(67)51-79-85(74,75)81-55-62(53-77-64(69)47-39-31-25-24-28-36-44-58(6)7)83-66(71)49-41-33-23-16-14-19-27-35-43-57(4)5/h56-62,67H,9-55H2,1-8H3,(H,72,73)(H,74,75)/t59?,60-,61-,62-/m1/s1. The number of phosphoric acid groups is 2. The molecule has 0 bridgehead atoms. The largest absolute Gasteiger partial charge is 0.472 e. The Kier molecular flexibility index (Phi) is 54.8. The minimum Gasteiger partial charge on any atom is -0.462 e. The van der Waals surface area contributed by atoms with E-state index in [0.29, 0.717) is 31.6 Å². The first-order chi connectivity index (χ1) is 40.6. The third-order valence-electron chi connectivity index (χ3n) is 15.4. The first-order valence-corrected chi connectivity index (χ1v) is 37.2. The van der Waals surface area contributed by atoms with Crippen LogP contribution in [0.15, 0.2) is 0 Å². The Morgan fingerprint density at radius 1 is 0.329 bits per heavy atom. The van der Waals surface area contributed by atoms with E-state index >= 15 is 0 Å². The number of hydrogen-bond acceptors (Lipinski definition) is 15. The second-order valence-electron chi connectivity index (χ2n) is 25.5. The van der Waals surface area contributed by atoms with Crippen LogP contribution in [-0.4, -0.2) is 96.7 Å². The molecule has 0 heterocycles. The molecule has 504 valence electrons. The Balaban J connectivity index is 5.26. The lowest BCUT2D eigenvalue weighted by Gasteiger charge is -2.21.